The van der Waals surface area contributed by atoms with Gasteiger partial charge in [-0.2, -0.15) is 4.98 Å². The van der Waals surface area contributed by atoms with Crippen LogP contribution in [0.4, 0.5) is 0 Å². The predicted molar refractivity (Wildman–Crippen MR) is 84.3 cm³/mol. The molecule has 4 rings (SSSR count). The van der Waals surface area contributed by atoms with Gasteiger partial charge in [0.25, 0.3) is 0 Å². The monoisotopic (exact) mass is 307 g/mol. The van der Waals surface area contributed by atoms with E-state index in [0.717, 1.165) is 30.8 Å². The maximum absolute atomic E-state index is 5.49. The van der Waals surface area contributed by atoms with Crippen molar-refractivity contribution < 1.29 is 4.52 Å². The molecule has 116 valence electrons. The first-order chi connectivity index (χ1) is 11.3. The Kier molecular flexibility index (Phi) is 3.59. The molecule has 0 fully saturated rings. The molecule has 0 bridgehead atoms. The van der Waals surface area contributed by atoms with E-state index in [1.54, 1.807) is 6.33 Å². The number of nitrogens with zero attached hydrogens (tertiary/aromatic N) is 5. The van der Waals surface area contributed by atoms with Gasteiger partial charge in [-0.05, 0) is 18.9 Å². The van der Waals surface area contributed by atoms with Crippen molar-refractivity contribution in [3.8, 4) is 11.4 Å². The van der Waals surface area contributed by atoms with Crippen molar-refractivity contribution in [1.82, 2.24) is 25.0 Å². The van der Waals surface area contributed by atoms with Crippen LogP contribution in [0.2, 0.25) is 0 Å². The van der Waals surface area contributed by atoms with Crippen LogP contribution in [0, 0.1) is 0 Å². The maximum atomic E-state index is 5.49. The van der Waals surface area contributed by atoms with E-state index < -0.39 is 0 Å². The van der Waals surface area contributed by atoms with Crippen molar-refractivity contribution in [1.29, 1.82) is 0 Å². The molecule has 0 N–H and O–H groups in total. The largest absolute Gasteiger partial charge is 0.337 e. The summed E-state index contributed by atoms with van der Waals surface area (Å²) in [6, 6.07) is 9.93. The quantitative estimate of drug-likeness (QED) is 0.741. The normalized spacial score (nSPS) is 16.0. The molecule has 0 radical (unpaired) electrons. The Bertz CT molecular complexity index is 802. The van der Waals surface area contributed by atoms with Gasteiger partial charge in [0.1, 0.15) is 6.33 Å². The second-order valence-electron chi connectivity index (χ2n) is 5.71. The van der Waals surface area contributed by atoms with E-state index in [9.17, 15) is 0 Å². The number of benzene rings is 1. The molecule has 0 saturated heterocycles. The first kappa shape index (κ1) is 14.0. The van der Waals surface area contributed by atoms with Gasteiger partial charge in [-0.1, -0.05) is 35.5 Å². The zero-order valence-corrected chi connectivity index (χ0v) is 12.9. The summed E-state index contributed by atoms with van der Waals surface area (Å²) in [6.07, 6.45) is 4.46. The Hall–Kier alpha value is -2.60. The van der Waals surface area contributed by atoms with Crippen molar-refractivity contribution in [2.45, 2.75) is 25.9 Å². The Morgan fingerprint density at radius 1 is 1.22 bits per heavy atom. The Labute approximate surface area is 134 Å². The minimum absolute atomic E-state index is 0.0584. The van der Waals surface area contributed by atoms with Gasteiger partial charge in [0.2, 0.25) is 11.7 Å². The van der Waals surface area contributed by atoms with Crippen molar-refractivity contribution >= 4 is 0 Å². The van der Waals surface area contributed by atoms with Crippen molar-refractivity contribution in [2.24, 2.45) is 0 Å². The molecule has 0 aliphatic carbocycles. The SMILES string of the molecule is C[C@H](c1nc(-c2ccccc2)no1)N1CCc2cncnc2C1. The summed E-state index contributed by atoms with van der Waals surface area (Å²) < 4.78 is 5.49. The van der Waals surface area contributed by atoms with E-state index in [1.807, 2.05) is 36.5 Å². The minimum atomic E-state index is 0.0584. The molecule has 0 spiro atoms. The van der Waals surface area contributed by atoms with Crippen LogP contribution in [0.25, 0.3) is 11.4 Å². The van der Waals surface area contributed by atoms with Gasteiger partial charge in [-0.3, -0.25) is 4.90 Å². The van der Waals surface area contributed by atoms with Gasteiger partial charge < -0.3 is 4.52 Å². The lowest BCUT2D eigenvalue weighted by molar-refractivity contribution is 0.155. The van der Waals surface area contributed by atoms with Crippen LogP contribution >= 0.6 is 0 Å². The van der Waals surface area contributed by atoms with Crippen LogP contribution in [0.15, 0.2) is 47.4 Å². The van der Waals surface area contributed by atoms with Gasteiger partial charge >= 0.3 is 0 Å². The second-order valence-corrected chi connectivity index (χ2v) is 5.71. The van der Waals surface area contributed by atoms with E-state index in [1.165, 1.54) is 5.56 Å². The molecular formula is C17H17N5O. The molecule has 23 heavy (non-hydrogen) atoms. The summed E-state index contributed by atoms with van der Waals surface area (Å²) in [5, 5.41) is 4.11. The summed E-state index contributed by atoms with van der Waals surface area (Å²) in [6.45, 7) is 3.81. The summed E-state index contributed by atoms with van der Waals surface area (Å²) >= 11 is 0. The molecule has 6 heteroatoms. The topological polar surface area (TPSA) is 67.9 Å². The average Bonchev–Trinajstić information content (AvgIpc) is 3.11. The van der Waals surface area contributed by atoms with Gasteiger partial charge in [0, 0.05) is 24.8 Å². The van der Waals surface area contributed by atoms with E-state index in [-0.39, 0.29) is 6.04 Å². The van der Waals surface area contributed by atoms with E-state index in [2.05, 4.69) is 31.9 Å². The zero-order valence-electron chi connectivity index (χ0n) is 12.9. The highest BCUT2D eigenvalue weighted by molar-refractivity contribution is 5.53. The van der Waals surface area contributed by atoms with Crippen LogP contribution in [0.5, 0.6) is 0 Å². The van der Waals surface area contributed by atoms with E-state index >= 15 is 0 Å². The molecular weight excluding hydrogens is 290 g/mol. The van der Waals surface area contributed by atoms with Gasteiger partial charge in [0.05, 0.1) is 11.7 Å². The van der Waals surface area contributed by atoms with E-state index in [4.69, 9.17) is 4.52 Å². The standard InChI is InChI=1S/C17H17N5O/c1-12(22-8-7-14-9-18-11-19-15(14)10-22)17-20-16(21-23-17)13-5-3-2-4-6-13/h2-6,9,11-12H,7-8,10H2,1H3/t12-/m1/s1. The third-order valence-electron chi connectivity index (χ3n) is 4.28. The fourth-order valence-electron chi connectivity index (χ4n) is 2.87. The lowest BCUT2D eigenvalue weighted by Gasteiger charge is -2.30. The summed E-state index contributed by atoms with van der Waals surface area (Å²) in [7, 11) is 0. The molecule has 6 nitrogen and oxygen atoms in total. The number of hydrogen-bond acceptors (Lipinski definition) is 6. The number of fused-ring (bicyclic) bond motifs is 1. The highest BCUT2D eigenvalue weighted by atomic mass is 16.5. The van der Waals surface area contributed by atoms with Crippen molar-refractivity contribution in [3.63, 3.8) is 0 Å². The smallest absolute Gasteiger partial charge is 0.244 e. The first-order valence-electron chi connectivity index (χ1n) is 7.72. The fourth-order valence-corrected chi connectivity index (χ4v) is 2.87. The Morgan fingerprint density at radius 2 is 2.09 bits per heavy atom. The Morgan fingerprint density at radius 3 is 2.96 bits per heavy atom. The van der Waals surface area contributed by atoms with E-state index in [0.29, 0.717) is 11.7 Å². The Balaban J connectivity index is 1.54. The van der Waals surface area contributed by atoms with Crippen LogP contribution in [0.3, 0.4) is 0 Å². The second kappa shape index (κ2) is 5.89. The molecule has 0 saturated carbocycles. The van der Waals surface area contributed by atoms with Gasteiger partial charge in [0.15, 0.2) is 0 Å². The van der Waals surface area contributed by atoms with Crippen LogP contribution in [0.1, 0.15) is 30.1 Å². The summed E-state index contributed by atoms with van der Waals surface area (Å²) in [5.41, 5.74) is 3.28. The minimum Gasteiger partial charge on any atom is -0.337 e. The molecule has 1 atom stereocenters. The van der Waals surface area contributed by atoms with Crippen LogP contribution < -0.4 is 0 Å². The third-order valence-corrected chi connectivity index (χ3v) is 4.28. The predicted octanol–water partition coefficient (Wildman–Crippen LogP) is 2.65. The molecule has 1 aliphatic heterocycles. The van der Waals surface area contributed by atoms with Crippen LogP contribution in [-0.4, -0.2) is 31.6 Å². The number of aromatic nitrogens is 4. The first-order valence-corrected chi connectivity index (χ1v) is 7.72. The van der Waals surface area contributed by atoms with Gasteiger partial charge in [-0.25, -0.2) is 9.97 Å². The third kappa shape index (κ3) is 2.73. The molecule has 2 aromatic heterocycles. The molecule has 0 unspecified atom stereocenters. The number of hydrogen-bond donors (Lipinski definition) is 0. The summed E-state index contributed by atoms with van der Waals surface area (Å²) in [5.74, 6) is 1.27. The highest BCUT2D eigenvalue weighted by Gasteiger charge is 2.26. The number of rotatable bonds is 3. The highest BCUT2D eigenvalue weighted by Crippen LogP contribution is 2.26. The average molecular weight is 307 g/mol. The molecule has 1 aliphatic rings. The van der Waals surface area contributed by atoms with Gasteiger partial charge in [-0.15, -0.1) is 0 Å². The summed E-state index contributed by atoms with van der Waals surface area (Å²) in [4.78, 5) is 15.3. The van der Waals surface area contributed by atoms with Crippen LogP contribution in [-0.2, 0) is 13.0 Å². The maximum Gasteiger partial charge on any atom is 0.244 e. The fraction of sp³-hybridized carbons (Fsp3) is 0.294. The molecule has 1 aromatic carbocycles. The lowest BCUT2D eigenvalue weighted by Crippen LogP contribution is -2.33. The molecule has 0 amide bonds. The molecule has 3 aromatic rings. The molecule has 3 heterocycles. The zero-order chi connectivity index (χ0) is 15.6. The lowest BCUT2D eigenvalue weighted by atomic mass is 10.1. The van der Waals surface area contributed by atoms with Crippen molar-refractivity contribution in [3.05, 3.63) is 60.0 Å². The van der Waals surface area contributed by atoms with Crippen molar-refractivity contribution in [2.75, 3.05) is 6.54 Å².